The molecular weight excluding hydrogens is 490 g/mol. The summed E-state index contributed by atoms with van der Waals surface area (Å²) < 4.78 is 18.5. The van der Waals surface area contributed by atoms with Crippen LogP contribution in [0, 0.1) is 11.3 Å². The number of nitrogens with zero attached hydrogens (tertiary/aromatic N) is 2. The number of ether oxygens (including phenoxy) is 3. The van der Waals surface area contributed by atoms with Gasteiger partial charge < -0.3 is 19.9 Å². The number of hydrogen-bond acceptors (Lipinski definition) is 8. The van der Waals surface area contributed by atoms with Gasteiger partial charge in [0.1, 0.15) is 27.6 Å². The molecule has 0 saturated carbocycles. The Morgan fingerprint density at radius 2 is 1.70 bits per heavy atom. The van der Waals surface area contributed by atoms with Crippen molar-refractivity contribution in [3.63, 3.8) is 0 Å². The highest BCUT2D eigenvalue weighted by molar-refractivity contribution is 7.07. The van der Waals surface area contributed by atoms with Crippen LogP contribution in [-0.2, 0) is 9.53 Å². The Morgan fingerprint density at radius 3 is 2.32 bits per heavy atom. The molecule has 3 aromatic rings. The zero-order chi connectivity index (χ0) is 26.9. The Balaban J connectivity index is 2.10. The number of rotatable bonds is 5. The molecule has 2 N–H and O–H groups in total. The van der Waals surface area contributed by atoms with E-state index in [1.54, 1.807) is 64.3 Å². The van der Waals surface area contributed by atoms with Crippen LogP contribution in [0.1, 0.15) is 37.8 Å². The van der Waals surface area contributed by atoms with Crippen molar-refractivity contribution < 1.29 is 19.0 Å². The van der Waals surface area contributed by atoms with Gasteiger partial charge in [0, 0.05) is 11.1 Å². The SMILES string of the molecule is COc1ccccc1C=c1sc2n(c1=O)C(N)=C(C(=O)OC(C)(C)C)C(c1ccccc1OC)C=2C#N. The maximum atomic E-state index is 13.6. The minimum Gasteiger partial charge on any atom is -0.496 e. The second-order valence-electron chi connectivity index (χ2n) is 9.30. The average Bonchev–Trinajstić information content (AvgIpc) is 3.18. The molecule has 2 heterocycles. The Labute approximate surface area is 218 Å². The molecule has 1 unspecified atom stereocenters. The second-order valence-corrected chi connectivity index (χ2v) is 10.3. The lowest BCUT2D eigenvalue weighted by Gasteiger charge is -2.28. The fourth-order valence-corrected chi connectivity index (χ4v) is 5.35. The number of nitriles is 1. The first-order valence-electron chi connectivity index (χ1n) is 11.5. The average molecular weight is 518 g/mol. The van der Waals surface area contributed by atoms with Crippen LogP contribution in [0.5, 0.6) is 11.5 Å². The molecule has 1 aromatic heterocycles. The van der Waals surface area contributed by atoms with E-state index in [0.717, 1.165) is 11.3 Å². The maximum Gasteiger partial charge on any atom is 0.339 e. The van der Waals surface area contributed by atoms with E-state index < -0.39 is 23.0 Å². The first-order chi connectivity index (χ1) is 17.6. The topological polar surface area (TPSA) is 117 Å². The lowest BCUT2D eigenvalue weighted by Crippen LogP contribution is -2.41. The van der Waals surface area contributed by atoms with Crippen molar-refractivity contribution in [1.82, 2.24) is 4.57 Å². The number of aromatic nitrogens is 1. The molecule has 8 nitrogen and oxygen atoms in total. The van der Waals surface area contributed by atoms with Gasteiger partial charge in [0.15, 0.2) is 0 Å². The first-order valence-corrected chi connectivity index (χ1v) is 12.3. The van der Waals surface area contributed by atoms with Gasteiger partial charge in [-0.25, -0.2) is 4.79 Å². The standard InChI is InChI=1S/C28H27N3O5S/c1-28(2,3)36-27(33)23-22(17-11-7-9-13-20(17)35-5)18(15-29)26-31(24(23)30)25(32)21(37-26)14-16-10-6-8-12-19(16)34-4/h6-14,22H,30H2,1-5H3. The van der Waals surface area contributed by atoms with E-state index in [9.17, 15) is 14.9 Å². The summed E-state index contributed by atoms with van der Waals surface area (Å²) in [5.41, 5.74) is 6.74. The first kappa shape index (κ1) is 25.8. The molecule has 0 radical (unpaired) electrons. The Bertz CT molecular complexity index is 1630. The zero-order valence-electron chi connectivity index (χ0n) is 21.2. The summed E-state index contributed by atoms with van der Waals surface area (Å²) in [6.45, 7) is 5.21. The van der Waals surface area contributed by atoms with Crippen LogP contribution in [0.25, 0.3) is 17.5 Å². The van der Waals surface area contributed by atoms with E-state index in [-0.39, 0.29) is 17.0 Å². The van der Waals surface area contributed by atoms with Gasteiger partial charge in [0.25, 0.3) is 5.56 Å². The van der Waals surface area contributed by atoms with E-state index in [1.807, 2.05) is 18.2 Å². The van der Waals surface area contributed by atoms with E-state index in [0.29, 0.717) is 31.8 Å². The van der Waals surface area contributed by atoms with Crippen molar-refractivity contribution in [3.05, 3.63) is 84.8 Å². The summed E-state index contributed by atoms with van der Waals surface area (Å²) in [7, 11) is 3.06. The van der Waals surface area contributed by atoms with Crippen LogP contribution in [0.3, 0.4) is 0 Å². The molecule has 0 spiro atoms. The van der Waals surface area contributed by atoms with Crippen LogP contribution < -0.4 is 30.0 Å². The van der Waals surface area contributed by atoms with Crippen molar-refractivity contribution in [3.8, 4) is 17.6 Å². The molecule has 37 heavy (non-hydrogen) atoms. The Morgan fingerprint density at radius 1 is 1.08 bits per heavy atom. The summed E-state index contributed by atoms with van der Waals surface area (Å²) in [5.74, 6) is -0.629. The summed E-state index contributed by atoms with van der Waals surface area (Å²) in [6.07, 6.45) is 1.69. The zero-order valence-corrected chi connectivity index (χ0v) is 22.0. The van der Waals surface area contributed by atoms with Gasteiger partial charge in [-0.1, -0.05) is 36.4 Å². The molecule has 0 aliphatic carbocycles. The predicted molar refractivity (Wildman–Crippen MR) is 142 cm³/mol. The Kier molecular flexibility index (Phi) is 6.96. The fourth-order valence-electron chi connectivity index (χ4n) is 4.23. The summed E-state index contributed by atoms with van der Waals surface area (Å²) in [4.78, 5) is 27.1. The highest BCUT2D eigenvalue weighted by Crippen LogP contribution is 2.41. The molecule has 0 saturated heterocycles. The highest BCUT2D eigenvalue weighted by Gasteiger charge is 2.39. The summed E-state index contributed by atoms with van der Waals surface area (Å²) >= 11 is 1.12. The quantitative estimate of drug-likeness (QED) is 0.517. The summed E-state index contributed by atoms with van der Waals surface area (Å²) in [6, 6.07) is 16.6. The number of carbonyl (C=O) groups is 1. The minimum absolute atomic E-state index is 0.00668. The lowest BCUT2D eigenvalue weighted by molar-refractivity contribution is -0.150. The number of carbonyl (C=O) groups excluding carboxylic acids is 1. The van der Waals surface area contributed by atoms with E-state index in [1.165, 1.54) is 11.7 Å². The molecule has 9 heteroatoms. The van der Waals surface area contributed by atoms with Crippen LogP contribution in [0.2, 0.25) is 0 Å². The van der Waals surface area contributed by atoms with Crippen molar-refractivity contribution in [2.75, 3.05) is 14.2 Å². The van der Waals surface area contributed by atoms with E-state index in [2.05, 4.69) is 6.07 Å². The third-order valence-corrected chi connectivity index (χ3v) is 6.87. The molecular formula is C28H27N3O5S. The fraction of sp³-hybridized carbons (Fsp3) is 0.250. The van der Waals surface area contributed by atoms with Gasteiger partial charge in [0.05, 0.1) is 41.9 Å². The van der Waals surface area contributed by atoms with Crippen molar-refractivity contribution >= 4 is 34.8 Å². The van der Waals surface area contributed by atoms with Crippen molar-refractivity contribution in [2.24, 2.45) is 5.73 Å². The largest absolute Gasteiger partial charge is 0.496 e. The number of esters is 1. The molecule has 1 aliphatic rings. The van der Waals surface area contributed by atoms with E-state index in [4.69, 9.17) is 19.9 Å². The molecule has 0 bridgehead atoms. The van der Waals surface area contributed by atoms with Gasteiger partial charge in [0.2, 0.25) is 0 Å². The van der Waals surface area contributed by atoms with Gasteiger partial charge in [-0.2, -0.15) is 5.26 Å². The number of hydrogen-bond donors (Lipinski definition) is 1. The van der Waals surface area contributed by atoms with Crippen LogP contribution >= 0.6 is 11.3 Å². The van der Waals surface area contributed by atoms with E-state index >= 15 is 0 Å². The number of benzene rings is 2. The molecule has 0 amide bonds. The molecule has 1 aliphatic heterocycles. The monoisotopic (exact) mass is 517 g/mol. The Hall–Kier alpha value is -4.29. The predicted octanol–water partition coefficient (Wildman–Crippen LogP) is 2.70. The van der Waals surface area contributed by atoms with Gasteiger partial charge in [-0.3, -0.25) is 9.36 Å². The van der Waals surface area contributed by atoms with Crippen molar-refractivity contribution in [2.45, 2.75) is 32.3 Å². The van der Waals surface area contributed by atoms with Crippen LogP contribution in [-0.4, -0.2) is 30.4 Å². The number of fused-ring (bicyclic) bond motifs is 1. The summed E-state index contributed by atoms with van der Waals surface area (Å²) in [5, 5.41) is 10.3. The molecule has 4 rings (SSSR count). The van der Waals surface area contributed by atoms with Gasteiger partial charge >= 0.3 is 5.97 Å². The molecule has 0 fully saturated rings. The number of methoxy groups -OCH3 is 2. The second kappa shape index (κ2) is 9.99. The number of thiazole rings is 1. The smallest absolute Gasteiger partial charge is 0.339 e. The third-order valence-electron chi connectivity index (χ3n) is 5.76. The van der Waals surface area contributed by atoms with Gasteiger partial charge in [-0.15, -0.1) is 11.3 Å². The van der Waals surface area contributed by atoms with Crippen LogP contribution in [0.15, 0.2) is 58.9 Å². The number of para-hydroxylation sites is 2. The highest BCUT2D eigenvalue weighted by atomic mass is 32.1. The van der Waals surface area contributed by atoms with Crippen molar-refractivity contribution in [1.29, 1.82) is 5.26 Å². The maximum absolute atomic E-state index is 13.6. The lowest BCUT2D eigenvalue weighted by atomic mass is 9.83. The third kappa shape index (κ3) is 4.76. The van der Waals surface area contributed by atoms with Gasteiger partial charge in [-0.05, 0) is 39.0 Å². The number of nitrogens with two attached hydrogens (primary N) is 1. The molecule has 1 atom stereocenters. The molecule has 2 aromatic carbocycles. The molecule has 190 valence electrons. The normalized spacial score (nSPS) is 15.7. The van der Waals surface area contributed by atoms with Crippen LogP contribution in [0.4, 0.5) is 0 Å². The minimum atomic E-state index is -0.895.